The van der Waals surface area contributed by atoms with E-state index in [2.05, 4.69) is 20.6 Å². The molecule has 3 rings (SSSR count). The molecule has 20 heavy (non-hydrogen) atoms. The van der Waals surface area contributed by atoms with Gasteiger partial charge in [-0.15, -0.1) is 0 Å². The summed E-state index contributed by atoms with van der Waals surface area (Å²) in [5.74, 6) is 1.30. The second-order valence-electron chi connectivity index (χ2n) is 4.51. The summed E-state index contributed by atoms with van der Waals surface area (Å²) in [5, 5.41) is 6.44. The number of fused-ring (bicyclic) bond motifs is 1. The molecule has 0 aliphatic carbocycles. The van der Waals surface area contributed by atoms with Crippen LogP contribution in [-0.2, 0) is 11.3 Å². The van der Waals surface area contributed by atoms with Gasteiger partial charge in [0.15, 0.2) is 6.61 Å². The molecule has 0 saturated heterocycles. The van der Waals surface area contributed by atoms with Gasteiger partial charge >= 0.3 is 0 Å². The monoisotopic (exact) mass is 292 g/mol. The molecule has 7 heteroatoms. The van der Waals surface area contributed by atoms with Gasteiger partial charge in [0.05, 0.1) is 34.8 Å². The number of rotatable bonds is 3. The summed E-state index contributed by atoms with van der Waals surface area (Å²) in [6.45, 7) is 2.49. The Morgan fingerprint density at radius 2 is 2.35 bits per heavy atom. The van der Waals surface area contributed by atoms with Gasteiger partial charge in [-0.25, -0.2) is 4.98 Å². The normalized spacial score (nSPS) is 13.4. The van der Waals surface area contributed by atoms with E-state index in [4.69, 9.17) is 16.3 Å². The number of carbonyl (C=O) groups excluding carboxylic acids is 1. The third-order valence-corrected chi connectivity index (χ3v) is 3.24. The SMILES string of the molecule is Cc1ncc(CNc2cc3c(cc2Cl)NC(=O)CO3)[nH]1. The van der Waals surface area contributed by atoms with E-state index in [1.165, 1.54) is 0 Å². The lowest BCUT2D eigenvalue weighted by atomic mass is 10.2. The Hall–Kier alpha value is -2.21. The molecular formula is C13H13ClN4O2. The molecule has 0 fully saturated rings. The third-order valence-electron chi connectivity index (χ3n) is 2.93. The molecule has 0 unspecified atom stereocenters. The van der Waals surface area contributed by atoms with Gasteiger partial charge in [0.2, 0.25) is 0 Å². The summed E-state index contributed by atoms with van der Waals surface area (Å²) < 4.78 is 5.36. The minimum Gasteiger partial charge on any atom is -0.482 e. The molecule has 3 N–H and O–H groups in total. The molecular weight excluding hydrogens is 280 g/mol. The number of benzene rings is 1. The Kier molecular flexibility index (Phi) is 3.23. The first-order valence-corrected chi connectivity index (χ1v) is 6.50. The van der Waals surface area contributed by atoms with Crippen LogP contribution < -0.4 is 15.4 Å². The zero-order valence-corrected chi connectivity index (χ0v) is 11.5. The first-order valence-electron chi connectivity index (χ1n) is 6.12. The highest BCUT2D eigenvalue weighted by Crippen LogP contribution is 2.36. The van der Waals surface area contributed by atoms with Gasteiger partial charge in [0, 0.05) is 6.07 Å². The van der Waals surface area contributed by atoms with Crippen molar-refractivity contribution < 1.29 is 9.53 Å². The first kappa shape index (κ1) is 12.8. The summed E-state index contributed by atoms with van der Waals surface area (Å²) in [5.41, 5.74) is 2.30. The molecule has 0 atom stereocenters. The molecule has 1 amide bonds. The predicted octanol–water partition coefficient (Wildman–Crippen LogP) is 2.31. The third kappa shape index (κ3) is 2.55. The highest BCUT2D eigenvalue weighted by molar-refractivity contribution is 6.33. The maximum Gasteiger partial charge on any atom is 0.262 e. The van der Waals surface area contributed by atoms with Gasteiger partial charge in [-0.3, -0.25) is 4.79 Å². The molecule has 1 aliphatic heterocycles. The van der Waals surface area contributed by atoms with Crippen molar-refractivity contribution in [2.75, 3.05) is 17.2 Å². The number of aryl methyl sites for hydroxylation is 1. The second-order valence-corrected chi connectivity index (χ2v) is 4.92. The van der Waals surface area contributed by atoms with Crippen LogP contribution >= 0.6 is 11.6 Å². The van der Waals surface area contributed by atoms with E-state index in [1.807, 2.05) is 6.92 Å². The van der Waals surface area contributed by atoms with Gasteiger partial charge in [-0.2, -0.15) is 0 Å². The molecule has 0 bridgehead atoms. The number of imidazole rings is 1. The van der Waals surface area contributed by atoms with E-state index in [0.717, 1.165) is 17.2 Å². The van der Waals surface area contributed by atoms with Crippen LogP contribution in [0.5, 0.6) is 5.75 Å². The van der Waals surface area contributed by atoms with Crippen LogP contribution in [0, 0.1) is 6.92 Å². The molecule has 104 valence electrons. The van der Waals surface area contributed by atoms with Crippen LogP contribution in [0.4, 0.5) is 11.4 Å². The smallest absolute Gasteiger partial charge is 0.262 e. The number of carbonyl (C=O) groups is 1. The number of nitrogens with one attached hydrogen (secondary N) is 3. The highest BCUT2D eigenvalue weighted by Gasteiger charge is 2.18. The lowest BCUT2D eigenvalue weighted by molar-refractivity contribution is -0.118. The topological polar surface area (TPSA) is 79.0 Å². The zero-order valence-electron chi connectivity index (χ0n) is 10.8. The lowest BCUT2D eigenvalue weighted by Gasteiger charge is -2.19. The van der Waals surface area contributed by atoms with Crippen molar-refractivity contribution in [2.45, 2.75) is 13.5 Å². The number of H-pyrrole nitrogens is 1. The Morgan fingerprint density at radius 1 is 1.50 bits per heavy atom. The van der Waals surface area contributed by atoms with E-state index in [-0.39, 0.29) is 12.5 Å². The molecule has 2 heterocycles. The number of nitrogens with zero attached hydrogens (tertiary/aromatic N) is 1. The van der Waals surface area contributed by atoms with Crippen molar-refractivity contribution in [1.82, 2.24) is 9.97 Å². The van der Waals surface area contributed by atoms with Crippen LogP contribution in [-0.4, -0.2) is 22.5 Å². The fourth-order valence-electron chi connectivity index (χ4n) is 1.99. The van der Waals surface area contributed by atoms with Crippen molar-refractivity contribution in [3.63, 3.8) is 0 Å². The van der Waals surface area contributed by atoms with E-state index >= 15 is 0 Å². The fourth-order valence-corrected chi connectivity index (χ4v) is 2.22. The van der Waals surface area contributed by atoms with Crippen molar-refractivity contribution >= 4 is 28.9 Å². The van der Waals surface area contributed by atoms with Crippen molar-refractivity contribution in [1.29, 1.82) is 0 Å². The number of hydrogen-bond donors (Lipinski definition) is 3. The molecule has 0 saturated carbocycles. The Labute approximate surface area is 120 Å². The van der Waals surface area contributed by atoms with Crippen molar-refractivity contribution in [2.24, 2.45) is 0 Å². The summed E-state index contributed by atoms with van der Waals surface area (Å²) in [6.07, 6.45) is 1.77. The van der Waals surface area contributed by atoms with Gasteiger partial charge in [0.1, 0.15) is 11.6 Å². The van der Waals surface area contributed by atoms with E-state index in [0.29, 0.717) is 23.0 Å². The number of halogens is 1. The number of amides is 1. The minimum absolute atomic E-state index is 0.0216. The van der Waals surface area contributed by atoms with Gasteiger partial charge in [0.25, 0.3) is 5.91 Å². The number of anilines is 2. The number of hydrogen-bond acceptors (Lipinski definition) is 4. The average Bonchev–Trinajstić information content (AvgIpc) is 2.82. The van der Waals surface area contributed by atoms with Crippen LogP contribution in [0.3, 0.4) is 0 Å². The summed E-state index contributed by atoms with van der Waals surface area (Å²) in [6, 6.07) is 3.45. The second kappa shape index (κ2) is 5.05. The maximum atomic E-state index is 11.2. The quantitative estimate of drug-likeness (QED) is 0.811. The molecule has 0 radical (unpaired) electrons. The standard InChI is InChI=1S/C13H13ClN4O2/c1-7-15-4-8(17-7)5-16-10-3-12-11(2-9(10)14)18-13(19)6-20-12/h2-4,16H,5-6H2,1H3,(H,15,17)(H,18,19). The largest absolute Gasteiger partial charge is 0.482 e. The Bertz CT molecular complexity index is 668. The predicted molar refractivity (Wildman–Crippen MR) is 76.2 cm³/mol. The van der Waals surface area contributed by atoms with E-state index in [9.17, 15) is 4.79 Å². The van der Waals surface area contributed by atoms with Gasteiger partial charge < -0.3 is 20.4 Å². The first-order chi connectivity index (χ1) is 9.61. The fraction of sp³-hybridized carbons (Fsp3) is 0.231. The number of ether oxygens (including phenoxy) is 1. The molecule has 1 aromatic carbocycles. The minimum atomic E-state index is -0.179. The Morgan fingerprint density at radius 3 is 3.10 bits per heavy atom. The summed E-state index contributed by atoms with van der Waals surface area (Å²) in [7, 11) is 0. The van der Waals surface area contributed by atoms with Gasteiger partial charge in [-0.1, -0.05) is 11.6 Å². The number of aromatic nitrogens is 2. The molecule has 1 aliphatic rings. The van der Waals surface area contributed by atoms with Crippen molar-refractivity contribution in [3.8, 4) is 5.75 Å². The Balaban J connectivity index is 1.78. The van der Waals surface area contributed by atoms with Crippen LogP contribution in [0.1, 0.15) is 11.5 Å². The maximum absolute atomic E-state index is 11.2. The summed E-state index contributed by atoms with van der Waals surface area (Å²) in [4.78, 5) is 18.5. The van der Waals surface area contributed by atoms with Gasteiger partial charge in [-0.05, 0) is 13.0 Å². The lowest BCUT2D eigenvalue weighted by Crippen LogP contribution is -2.25. The zero-order chi connectivity index (χ0) is 14.1. The van der Waals surface area contributed by atoms with Crippen LogP contribution in [0.2, 0.25) is 5.02 Å². The van der Waals surface area contributed by atoms with E-state index in [1.54, 1.807) is 18.3 Å². The van der Waals surface area contributed by atoms with Crippen LogP contribution in [0.25, 0.3) is 0 Å². The number of aromatic amines is 1. The van der Waals surface area contributed by atoms with E-state index < -0.39 is 0 Å². The highest BCUT2D eigenvalue weighted by atomic mass is 35.5. The average molecular weight is 293 g/mol. The molecule has 0 spiro atoms. The molecule has 6 nitrogen and oxygen atoms in total. The molecule has 1 aromatic heterocycles. The van der Waals surface area contributed by atoms with Crippen LogP contribution in [0.15, 0.2) is 18.3 Å². The van der Waals surface area contributed by atoms with Crippen molar-refractivity contribution in [3.05, 3.63) is 34.9 Å². The molecule has 2 aromatic rings. The summed E-state index contributed by atoms with van der Waals surface area (Å²) >= 11 is 6.19.